The summed E-state index contributed by atoms with van der Waals surface area (Å²) in [6, 6.07) is 25.7. The van der Waals surface area contributed by atoms with Gasteiger partial charge in [-0.3, -0.25) is 0 Å². The number of benzene rings is 3. The Morgan fingerprint density at radius 2 is 1.42 bits per heavy atom. The number of sulfonamides is 1. The molecule has 3 rings (SSSR count). The van der Waals surface area contributed by atoms with Crippen molar-refractivity contribution in [2.24, 2.45) is 0 Å². The molecule has 0 fully saturated rings. The molecule has 4 nitrogen and oxygen atoms in total. The molecule has 1 atom stereocenters. The average Bonchev–Trinajstić information content (AvgIpc) is 2.67. The van der Waals surface area contributed by atoms with Crippen molar-refractivity contribution in [2.75, 3.05) is 6.54 Å². The van der Waals surface area contributed by atoms with Gasteiger partial charge in [-0.05, 0) is 36.8 Å². The first-order chi connectivity index (χ1) is 12.5. The van der Waals surface area contributed by atoms with E-state index in [1.165, 1.54) is 0 Å². The lowest BCUT2D eigenvalue weighted by molar-refractivity contribution is 0.209. The lowest BCUT2D eigenvalue weighted by atomic mass is 10.1. The molecular formula is C21H21NO3S. The Bertz CT molecular complexity index is 924. The van der Waals surface area contributed by atoms with Crippen molar-refractivity contribution < 1.29 is 13.2 Å². The number of aryl methyl sites for hydroxylation is 1. The Morgan fingerprint density at radius 3 is 2.04 bits per heavy atom. The standard InChI is InChI=1S/C21H21NO3S/c1-17-12-14-20(15-13-17)26(23,24)22-16-21(18-8-4-2-5-9-18)25-19-10-6-3-7-11-19/h2-15,21-22H,16H2,1H3/t21-/m1/s1. The molecule has 3 aromatic rings. The van der Waals surface area contributed by atoms with Crippen LogP contribution in [0.3, 0.4) is 0 Å². The van der Waals surface area contributed by atoms with Crippen LogP contribution in [0.2, 0.25) is 0 Å². The van der Waals surface area contributed by atoms with Crippen molar-refractivity contribution in [3.05, 3.63) is 96.1 Å². The molecule has 5 heteroatoms. The summed E-state index contributed by atoms with van der Waals surface area (Å²) in [5.74, 6) is 0.691. The highest BCUT2D eigenvalue weighted by Gasteiger charge is 2.19. The lowest BCUT2D eigenvalue weighted by Crippen LogP contribution is -2.30. The maximum absolute atomic E-state index is 12.6. The Balaban J connectivity index is 1.78. The normalized spacial score (nSPS) is 12.5. The molecule has 26 heavy (non-hydrogen) atoms. The van der Waals surface area contributed by atoms with Crippen LogP contribution in [-0.4, -0.2) is 15.0 Å². The first-order valence-corrected chi connectivity index (χ1v) is 9.86. The van der Waals surface area contributed by atoms with Gasteiger partial charge in [0.2, 0.25) is 10.0 Å². The quantitative estimate of drug-likeness (QED) is 0.684. The number of hydrogen-bond acceptors (Lipinski definition) is 3. The summed E-state index contributed by atoms with van der Waals surface area (Å²) in [5.41, 5.74) is 1.92. The number of para-hydroxylation sites is 1. The summed E-state index contributed by atoms with van der Waals surface area (Å²) in [7, 11) is -3.60. The van der Waals surface area contributed by atoms with E-state index in [4.69, 9.17) is 4.74 Å². The van der Waals surface area contributed by atoms with Crippen LogP contribution in [0.25, 0.3) is 0 Å². The highest BCUT2D eigenvalue weighted by molar-refractivity contribution is 7.89. The number of ether oxygens (including phenoxy) is 1. The van der Waals surface area contributed by atoms with Crippen LogP contribution in [0.4, 0.5) is 0 Å². The van der Waals surface area contributed by atoms with E-state index in [2.05, 4.69) is 4.72 Å². The smallest absolute Gasteiger partial charge is 0.240 e. The summed E-state index contributed by atoms with van der Waals surface area (Å²) in [5, 5.41) is 0. The van der Waals surface area contributed by atoms with Crippen LogP contribution in [0.1, 0.15) is 17.2 Å². The van der Waals surface area contributed by atoms with Crippen LogP contribution in [0, 0.1) is 6.92 Å². The summed E-state index contributed by atoms with van der Waals surface area (Å²) >= 11 is 0. The Hall–Kier alpha value is -2.63. The van der Waals surface area contributed by atoms with Crippen LogP contribution < -0.4 is 9.46 Å². The third kappa shape index (κ3) is 4.71. The van der Waals surface area contributed by atoms with Gasteiger partial charge < -0.3 is 4.74 Å². The van der Waals surface area contributed by atoms with Crippen molar-refractivity contribution in [3.63, 3.8) is 0 Å². The van der Waals surface area contributed by atoms with E-state index in [1.54, 1.807) is 24.3 Å². The zero-order chi connectivity index (χ0) is 18.4. The summed E-state index contributed by atoms with van der Waals surface area (Å²) < 4.78 is 33.8. The molecule has 0 aliphatic carbocycles. The van der Waals surface area contributed by atoms with E-state index in [9.17, 15) is 8.42 Å². The fourth-order valence-corrected chi connectivity index (χ4v) is 3.58. The molecule has 0 bridgehead atoms. The SMILES string of the molecule is Cc1ccc(S(=O)(=O)NC[C@@H](Oc2ccccc2)c2ccccc2)cc1. The van der Waals surface area contributed by atoms with Gasteiger partial charge in [0.05, 0.1) is 11.4 Å². The van der Waals surface area contributed by atoms with Gasteiger partial charge in [0.25, 0.3) is 0 Å². The van der Waals surface area contributed by atoms with Gasteiger partial charge in [-0.15, -0.1) is 0 Å². The van der Waals surface area contributed by atoms with Crippen molar-refractivity contribution in [1.82, 2.24) is 4.72 Å². The third-order valence-electron chi connectivity index (χ3n) is 3.98. The zero-order valence-corrected chi connectivity index (χ0v) is 15.3. The van der Waals surface area contributed by atoms with Crippen LogP contribution >= 0.6 is 0 Å². The monoisotopic (exact) mass is 367 g/mol. The Kier molecular flexibility index (Phi) is 5.71. The highest BCUT2D eigenvalue weighted by Crippen LogP contribution is 2.22. The maximum atomic E-state index is 12.6. The minimum Gasteiger partial charge on any atom is -0.484 e. The molecule has 0 saturated heterocycles. The highest BCUT2D eigenvalue weighted by atomic mass is 32.2. The van der Waals surface area contributed by atoms with E-state index in [0.717, 1.165) is 11.1 Å². The van der Waals surface area contributed by atoms with Crippen molar-refractivity contribution in [1.29, 1.82) is 0 Å². The minimum atomic E-state index is -3.60. The predicted octanol–water partition coefficient (Wildman–Crippen LogP) is 4.09. The van der Waals surface area contributed by atoms with Gasteiger partial charge in [-0.1, -0.05) is 66.2 Å². The lowest BCUT2D eigenvalue weighted by Gasteiger charge is -2.20. The molecule has 0 aliphatic rings. The fraction of sp³-hybridized carbons (Fsp3) is 0.143. The average molecular weight is 367 g/mol. The molecule has 0 aliphatic heterocycles. The Morgan fingerprint density at radius 1 is 0.846 bits per heavy atom. The molecule has 0 aromatic heterocycles. The van der Waals surface area contributed by atoms with Crippen LogP contribution in [0.15, 0.2) is 89.8 Å². The minimum absolute atomic E-state index is 0.134. The van der Waals surface area contributed by atoms with Crippen molar-refractivity contribution >= 4 is 10.0 Å². The summed E-state index contributed by atoms with van der Waals surface area (Å²) in [6.45, 7) is 2.05. The van der Waals surface area contributed by atoms with E-state index >= 15 is 0 Å². The van der Waals surface area contributed by atoms with E-state index in [0.29, 0.717) is 5.75 Å². The third-order valence-corrected chi connectivity index (χ3v) is 5.42. The maximum Gasteiger partial charge on any atom is 0.240 e. The zero-order valence-electron chi connectivity index (χ0n) is 14.5. The molecule has 0 spiro atoms. The van der Waals surface area contributed by atoms with Gasteiger partial charge in [-0.25, -0.2) is 13.1 Å². The van der Waals surface area contributed by atoms with Crippen LogP contribution in [0.5, 0.6) is 5.75 Å². The topological polar surface area (TPSA) is 55.4 Å². The molecule has 3 aromatic carbocycles. The first kappa shape index (κ1) is 18.2. The van der Waals surface area contributed by atoms with Gasteiger partial charge in [-0.2, -0.15) is 0 Å². The number of rotatable bonds is 7. The van der Waals surface area contributed by atoms with Crippen molar-refractivity contribution in [2.45, 2.75) is 17.9 Å². The molecule has 0 saturated carbocycles. The van der Waals surface area contributed by atoms with Gasteiger partial charge in [0.15, 0.2) is 0 Å². The van der Waals surface area contributed by atoms with E-state index < -0.39 is 16.1 Å². The van der Waals surface area contributed by atoms with E-state index in [1.807, 2.05) is 67.6 Å². The second-order valence-corrected chi connectivity index (χ2v) is 7.76. The molecule has 0 radical (unpaired) electrons. The molecule has 0 amide bonds. The molecule has 0 unspecified atom stereocenters. The summed E-state index contributed by atoms with van der Waals surface area (Å²) in [6.07, 6.45) is -0.432. The van der Waals surface area contributed by atoms with Gasteiger partial charge >= 0.3 is 0 Å². The van der Waals surface area contributed by atoms with Crippen LogP contribution in [-0.2, 0) is 10.0 Å². The number of hydrogen-bond donors (Lipinski definition) is 1. The fourth-order valence-electron chi connectivity index (χ4n) is 2.54. The van der Waals surface area contributed by atoms with Gasteiger partial charge in [0, 0.05) is 0 Å². The number of nitrogens with one attached hydrogen (secondary N) is 1. The second-order valence-electron chi connectivity index (χ2n) is 6.00. The summed E-state index contributed by atoms with van der Waals surface area (Å²) in [4.78, 5) is 0.245. The van der Waals surface area contributed by atoms with E-state index in [-0.39, 0.29) is 11.4 Å². The Labute approximate surface area is 154 Å². The second kappa shape index (κ2) is 8.17. The van der Waals surface area contributed by atoms with Crippen molar-refractivity contribution in [3.8, 4) is 5.75 Å². The largest absolute Gasteiger partial charge is 0.484 e. The molecular weight excluding hydrogens is 346 g/mol. The predicted molar refractivity (Wildman–Crippen MR) is 103 cm³/mol. The molecule has 1 N–H and O–H groups in total. The first-order valence-electron chi connectivity index (χ1n) is 8.37. The molecule has 0 heterocycles. The van der Waals surface area contributed by atoms with Gasteiger partial charge in [0.1, 0.15) is 11.9 Å². The molecule has 134 valence electrons.